The molecule has 35 heavy (non-hydrogen) atoms. The second-order valence-electron chi connectivity index (χ2n) is 8.42. The lowest BCUT2D eigenvalue weighted by Crippen LogP contribution is -2.48. The van der Waals surface area contributed by atoms with E-state index in [4.69, 9.17) is 26.4 Å². The Morgan fingerprint density at radius 2 is 2.17 bits per heavy atom. The fraction of sp³-hybridized carbons (Fsp3) is 0.348. The molecule has 1 unspecified atom stereocenters. The number of aliphatic hydroxyl groups excluding tert-OH is 2. The van der Waals surface area contributed by atoms with Crippen molar-refractivity contribution in [3.8, 4) is 17.1 Å². The molecule has 0 saturated carbocycles. The van der Waals surface area contributed by atoms with Crippen LogP contribution in [0, 0.1) is 6.92 Å². The summed E-state index contributed by atoms with van der Waals surface area (Å²) in [5.41, 5.74) is 3.04. The zero-order chi connectivity index (χ0) is 24.5. The fourth-order valence-electron chi connectivity index (χ4n) is 4.27. The quantitative estimate of drug-likeness (QED) is 0.468. The van der Waals surface area contributed by atoms with Gasteiger partial charge in [0.1, 0.15) is 24.9 Å². The first-order chi connectivity index (χ1) is 16.9. The van der Waals surface area contributed by atoms with Gasteiger partial charge in [-0.15, -0.1) is 0 Å². The van der Waals surface area contributed by atoms with Crippen molar-refractivity contribution >= 4 is 35.0 Å². The van der Waals surface area contributed by atoms with E-state index in [1.165, 1.54) is 12.4 Å². The summed E-state index contributed by atoms with van der Waals surface area (Å²) in [6.45, 7) is 2.81. The Hall–Kier alpha value is -3.54. The van der Waals surface area contributed by atoms with Gasteiger partial charge in [-0.05, 0) is 31.5 Å². The molecule has 11 nitrogen and oxygen atoms in total. The lowest BCUT2D eigenvalue weighted by Gasteiger charge is -2.36. The predicted octanol–water partition coefficient (Wildman–Crippen LogP) is 2.26. The molecule has 1 fully saturated rings. The van der Waals surface area contributed by atoms with Crippen LogP contribution in [-0.4, -0.2) is 74.6 Å². The number of rotatable bonds is 6. The Bertz CT molecular complexity index is 1260. The van der Waals surface area contributed by atoms with Gasteiger partial charge in [-0.2, -0.15) is 0 Å². The summed E-state index contributed by atoms with van der Waals surface area (Å²) < 4.78 is 5.35. The summed E-state index contributed by atoms with van der Waals surface area (Å²) in [7, 11) is 0. The third-order valence-corrected chi connectivity index (χ3v) is 6.22. The van der Waals surface area contributed by atoms with E-state index >= 15 is 0 Å². The van der Waals surface area contributed by atoms with Crippen LogP contribution < -0.4 is 19.9 Å². The van der Waals surface area contributed by atoms with Crippen LogP contribution in [-0.2, 0) is 0 Å². The molecule has 3 aromatic rings. The van der Waals surface area contributed by atoms with Crippen LogP contribution in [0.3, 0.4) is 0 Å². The van der Waals surface area contributed by atoms with Crippen LogP contribution in [0.2, 0.25) is 5.02 Å². The summed E-state index contributed by atoms with van der Waals surface area (Å²) in [6, 6.07) is 6.61. The molecule has 2 aliphatic rings. The molecule has 0 aromatic carbocycles. The summed E-state index contributed by atoms with van der Waals surface area (Å²) in [5, 5.41) is 21.7. The van der Waals surface area contributed by atoms with Gasteiger partial charge in [-0.25, -0.2) is 19.7 Å². The number of urea groups is 1. The van der Waals surface area contributed by atoms with Gasteiger partial charge in [-0.1, -0.05) is 11.6 Å². The molecular weight excluding hydrogens is 474 g/mol. The number of hydrogen-bond acceptors (Lipinski definition) is 9. The molecule has 0 spiro atoms. The maximum Gasteiger partial charge on any atom is 0.329 e. The van der Waals surface area contributed by atoms with Gasteiger partial charge in [0.15, 0.2) is 5.82 Å². The SMILES string of the molecule is Cc1cc(-c2nc3c(cc2Cl)N2CCC(C2)N3C(=O)Nc2cc(OC[C@@H](O)CO)ncn2)ccn1. The number of nitrogens with one attached hydrogen (secondary N) is 1. The van der Waals surface area contributed by atoms with Gasteiger partial charge in [0.05, 0.1) is 29.1 Å². The zero-order valence-corrected chi connectivity index (χ0v) is 19.7. The molecule has 5 rings (SSSR count). The topological polar surface area (TPSA) is 137 Å². The van der Waals surface area contributed by atoms with Crippen molar-refractivity contribution in [2.75, 3.05) is 41.4 Å². The minimum absolute atomic E-state index is 0.0551. The minimum Gasteiger partial charge on any atom is -0.475 e. The Morgan fingerprint density at radius 1 is 1.31 bits per heavy atom. The molecule has 2 atom stereocenters. The largest absolute Gasteiger partial charge is 0.475 e. The predicted molar refractivity (Wildman–Crippen MR) is 130 cm³/mol. The van der Waals surface area contributed by atoms with Gasteiger partial charge in [-0.3, -0.25) is 15.2 Å². The highest BCUT2D eigenvalue weighted by Crippen LogP contribution is 2.43. The number of amides is 2. The first-order valence-electron chi connectivity index (χ1n) is 11.2. The molecule has 1 saturated heterocycles. The second kappa shape index (κ2) is 9.61. The second-order valence-corrected chi connectivity index (χ2v) is 8.83. The number of carbonyl (C=O) groups excluding carboxylic acids is 1. The van der Waals surface area contributed by atoms with E-state index < -0.39 is 12.7 Å². The lowest BCUT2D eigenvalue weighted by atomic mass is 10.1. The number of anilines is 3. The van der Waals surface area contributed by atoms with Crippen LogP contribution in [0.15, 0.2) is 36.8 Å². The highest BCUT2D eigenvalue weighted by molar-refractivity contribution is 6.33. The van der Waals surface area contributed by atoms with Crippen molar-refractivity contribution in [3.63, 3.8) is 0 Å². The molecule has 2 aliphatic heterocycles. The molecule has 2 bridgehead atoms. The smallest absolute Gasteiger partial charge is 0.329 e. The summed E-state index contributed by atoms with van der Waals surface area (Å²) in [5.74, 6) is 0.926. The van der Waals surface area contributed by atoms with E-state index in [9.17, 15) is 9.90 Å². The molecule has 12 heteroatoms. The average Bonchev–Trinajstić information content (AvgIpc) is 3.27. The first kappa shape index (κ1) is 23.2. The molecular formula is C23H24ClN7O4. The number of aliphatic hydroxyl groups is 2. The van der Waals surface area contributed by atoms with E-state index in [1.54, 1.807) is 11.1 Å². The normalized spacial score (nSPS) is 17.2. The first-order valence-corrected chi connectivity index (χ1v) is 11.5. The van der Waals surface area contributed by atoms with Gasteiger partial charge < -0.3 is 19.8 Å². The van der Waals surface area contributed by atoms with Crippen molar-refractivity contribution in [2.45, 2.75) is 25.5 Å². The van der Waals surface area contributed by atoms with E-state index in [-0.39, 0.29) is 30.4 Å². The number of fused-ring (bicyclic) bond motifs is 4. The summed E-state index contributed by atoms with van der Waals surface area (Å²) in [4.78, 5) is 34.5. The number of carbonyl (C=O) groups is 1. The van der Waals surface area contributed by atoms with Crippen LogP contribution in [0.25, 0.3) is 11.3 Å². The van der Waals surface area contributed by atoms with Crippen molar-refractivity contribution in [1.82, 2.24) is 19.9 Å². The maximum atomic E-state index is 13.5. The molecule has 5 heterocycles. The van der Waals surface area contributed by atoms with E-state index in [0.29, 0.717) is 23.1 Å². The van der Waals surface area contributed by atoms with Gasteiger partial charge in [0, 0.05) is 36.6 Å². The van der Waals surface area contributed by atoms with Crippen molar-refractivity contribution in [1.29, 1.82) is 0 Å². The third kappa shape index (κ3) is 4.70. The molecule has 0 radical (unpaired) electrons. The average molecular weight is 498 g/mol. The number of hydrogen-bond donors (Lipinski definition) is 3. The minimum atomic E-state index is -1.03. The Morgan fingerprint density at radius 3 is 2.97 bits per heavy atom. The third-order valence-electron chi connectivity index (χ3n) is 5.93. The van der Waals surface area contributed by atoms with E-state index in [2.05, 4.69) is 25.2 Å². The van der Waals surface area contributed by atoms with Crippen LogP contribution in [0.5, 0.6) is 5.88 Å². The van der Waals surface area contributed by atoms with Crippen LogP contribution >= 0.6 is 11.6 Å². The Balaban J connectivity index is 1.44. The Kier molecular flexibility index (Phi) is 6.37. The number of aromatic nitrogens is 4. The molecule has 3 N–H and O–H groups in total. The number of nitrogens with zero attached hydrogens (tertiary/aromatic N) is 6. The highest BCUT2D eigenvalue weighted by Gasteiger charge is 2.41. The number of ether oxygens (including phenoxy) is 1. The van der Waals surface area contributed by atoms with Gasteiger partial charge in [0.2, 0.25) is 5.88 Å². The summed E-state index contributed by atoms with van der Waals surface area (Å²) >= 11 is 6.63. The lowest BCUT2D eigenvalue weighted by molar-refractivity contribution is 0.0521. The van der Waals surface area contributed by atoms with Crippen molar-refractivity contribution in [2.24, 2.45) is 0 Å². The number of pyridine rings is 2. The van der Waals surface area contributed by atoms with Crippen LogP contribution in [0.1, 0.15) is 12.1 Å². The monoisotopic (exact) mass is 497 g/mol. The molecule has 3 aromatic heterocycles. The van der Waals surface area contributed by atoms with Gasteiger partial charge in [0.25, 0.3) is 0 Å². The molecule has 182 valence electrons. The van der Waals surface area contributed by atoms with E-state index in [0.717, 1.165) is 29.9 Å². The number of halogens is 1. The molecule has 2 amide bonds. The molecule has 0 aliphatic carbocycles. The zero-order valence-electron chi connectivity index (χ0n) is 18.9. The van der Waals surface area contributed by atoms with Gasteiger partial charge >= 0.3 is 6.03 Å². The van der Waals surface area contributed by atoms with Crippen molar-refractivity contribution in [3.05, 3.63) is 47.5 Å². The summed E-state index contributed by atoms with van der Waals surface area (Å²) in [6.07, 6.45) is 2.71. The van der Waals surface area contributed by atoms with E-state index in [1.807, 2.05) is 25.1 Å². The standard InChI is InChI=1S/C23H24ClN7O4/c1-13-6-14(2-4-25-13)21-17(24)7-18-22(29-21)31(15-3-5-30(18)9-15)23(34)28-19-8-20(27-12-26-19)35-11-16(33)10-32/h2,4,6-8,12,15-16,32-33H,3,5,9-11H2,1H3,(H,26,27,28,34)/t15?,16-/m0/s1. The fourth-order valence-corrected chi connectivity index (χ4v) is 4.53. The Labute approximate surface area is 206 Å². The van der Waals surface area contributed by atoms with Crippen molar-refractivity contribution < 1.29 is 19.7 Å². The van der Waals surface area contributed by atoms with Crippen LogP contribution in [0.4, 0.5) is 22.1 Å². The number of aryl methyl sites for hydroxylation is 1. The maximum absolute atomic E-state index is 13.5. The highest BCUT2D eigenvalue weighted by atomic mass is 35.5.